The van der Waals surface area contributed by atoms with Gasteiger partial charge in [-0.25, -0.2) is 9.38 Å². The Kier molecular flexibility index (Phi) is 4.03. The van der Waals surface area contributed by atoms with Gasteiger partial charge in [0.15, 0.2) is 0 Å². The number of rotatable bonds is 3. The average Bonchev–Trinajstić information content (AvgIpc) is 3.35. The van der Waals surface area contributed by atoms with Gasteiger partial charge in [-0.1, -0.05) is 6.07 Å². The molecule has 0 aromatic heterocycles. The van der Waals surface area contributed by atoms with Crippen molar-refractivity contribution >= 4 is 11.6 Å². The lowest BCUT2D eigenvalue weighted by atomic mass is 9.95. The fraction of sp³-hybridized carbons (Fsp3) is 0.632. The predicted octanol–water partition coefficient (Wildman–Crippen LogP) is 0.913. The normalized spacial score (nSPS) is 36.1. The Labute approximate surface area is 158 Å². The van der Waals surface area contributed by atoms with E-state index in [2.05, 4.69) is 25.6 Å². The minimum atomic E-state index is -1.23. The number of hydrogen-bond donors (Lipinski definition) is 4. The van der Waals surface area contributed by atoms with Gasteiger partial charge in [-0.15, -0.1) is 0 Å². The number of hydrazine groups is 1. The van der Waals surface area contributed by atoms with Gasteiger partial charge in [0.2, 0.25) is 11.7 Å². The summed E-state index contributed by atoms with van der Waals surface area (Å²) >= 11 is 0. The van der Waals surface area contributed by atoms with Crippen LogP contribution in [0.25, 0.3) is 0 Å². The summed E-state index contributed by atoms with van der Waals surface area (Å²) in [5.41, 5.74) is 18.6. The fourth-order valence-electron chi connectivity index (χ4n) is 5.44. The van der Waals surface area contributed by atoms with Gasteiger partial charge in [0.25, 0.3) is 0 Å². The Morgan fingerprint density at radius 3 is 2.41 bits per heavy atom. The van der Waals surface area contributed by atoms with E-state index in [1.807, 2.05) is 12.1 Å². The van der Waals surface area contributed by atoms with E-state index >= 15 is 4.39 Å². The van der Waals surface area contributed by atoms with Crippen LogP contribution in [0.2, 0.25) is 0 Å². The summed E-state index contributed by atoms with van der Waals surface area (Å²) < 4.78 is 15.1. The van der Waals surface area contributed by atoms with Gasteiger partial charge >= 0.3 is 0 Å². The van der Waals surface area contributed by atoms with Gasteiger partial charge < -0.3 is 15.5 Å². The molecule has 27 heavy (non-hydrogen) atoms. The number of anilines is 1. The van der Waals surface area contributed by atoms with Crippen LogP contribution in [0.4, 0.5) is 10.1 Å². The number of likely N-dealkylation sites (tertiary alicyclic amines) is 1. The monoisotopic (exact) mass is 373 g/mol. The van der Waals surface area contributed by atoms with Crippen molar-refractivity contribution in [2.45, 2.75) is 62.4 Å². The van der Waals surface area contributed by atoms with Crippen LogP contribution in [-0.2, 0) is 5.79 Å². The first kappa shape index (κ1) is 17.2. The number of halogens is 1. The topological polar surface area (TPSA) is 94.9 Å². The lowest BCUT2D eigenvalue weighted by molar-refractivity contribution is 0.186. The quantitative estimate of drug-likeness (QED) is 0.629. The number of nitrogens with one attached hydrogen (secondary N) is 2. The molecule has 3 saturated heterocycles. The first-order valence-electron chi connectivity index (χ1n) is 10.0. The van der Waals surface area contributed by atoms with Crippen LogP contribution in [0.1, 0.15) is 44.1 Å². The van der Waals surface area contributed by atoms with Crippen LogP contribution < -0.4 is 27.2 Å². The zero-order chi connectivity index (χ0) is 18.6. The van der Waals surface area contributed by atoms with E-state index < -0.39 is 5.79 Å². The van der Waals surface area contributed by atoms with Crippen LogP contribution in [-0.4, -0.2) is 42.1 Å². The van der Waals surface area contributed by atoms with Gasteiger partial charge in [0.1, 0.15) is 5.82 Å². The lowest BCUT2D eigenvalue weighted by Gasteiger charge is -2.43. The van der Waals surface area contributed by atoms with E-state index in [4.69, 9.17) is 11.5 Å². The Hall–Kier alpha value is -1.90. The number of benzene rings is 1. The summed E-state index contributed by atoms with van der Waals surface area (Å²) in [6.07, 6.45) is 7.24. The molecule has 1 aromatic rings. The zero-order valence-corrected chi connectivity index (χ0v) is 15.5. The minimum Gasteiger partial charge on any atom is -0.369 e. The molecule has 3 atom stereocenters. The minimum absolute atomic E-state index is 0.198. The second-order valence-electron chi connectivity index (χ2n) is 8.34. The molecule has 8 heteroatoms. The standard InChI is InChI=1S/C19H28FN7/c20-16-9-12(19(22)23-18(21)24-25-19)3-6-17(16)27-13-4-5-14(27)11-15(10-13)26-7-1-2-8-26/h3,6,9,13-15,25H,1-2,4-5,7-8,10-11,22H2,(H3,21,23,24). The second-order valence-corrected chi connectivity index (χ2v) is 8.34. The summed E-state index contributed by atoms with van der Waals surface area (Å²) in [5.74, 6) is -1.27. The number of fused-ring (bicyclic) bond motifs is 2. The highest BCUT2D eigenvalue weighted by atomic mass is 19.1. The summed E-state index contributed by atoms with van der Waals surface area (Å²) in [6, 6.07) is 6.72. The van der Waals surface area contributed by atoms with Crippen molar-refractivity contribution in [1.82, 2.24) is 15.8 Å². The van der Waals surface area contributed by atoms with Crippen molar-refractivity contribution < 1.29 is 4.39 Å². The van der Waals surface area contributed by atoms with E-state index in [1.165, 1.54) is 32.0 Å². The van der Waals surface area contributed by atoms with E-state index in [1.54, 1.807) is 0 Å². The number of aliphatic imine (C=N–C) groups is 1. The molecular formula is C19H28FN7. The Morgan fingerprint density at radius 1 is 1.11 bits per heavy atom. The molecule has 4 heterocycles. The molecular weight excluding hydrogens is 345 g/mol. The highest BCUT2D eigenvalue weighted by Gasteiger charge is 2.44. The largest absolute Gasteiger partial charge is 0.369 e. The Bertz CT molecular complexity index is 748. The van der Waals surface area contributed by atoms with Crippen molar-refractivity contribution in [2.75, 3.05) is 18.0 Å². The van der Waals surface area contributed by atoms with E-state index in [9.17, 15) is 0 Å². The molecule has 3 fully saturated rings. The number of nitrogens with zero attached hydrogens (tertiary/aromatic N) is 3. The van der Waals surface area contributed by atoms with Crippen molar-refractivity contribution in [2.24, 2.45) is 16.5 Å². The highest BCUT2D eigenvalue weighted by Crippen LogP contribution is 2.42. The second kappa shape index (κ2) is 6.32. The van der Waals surface area contributed by atoms with Crippen LogP contribution in [0, 0.1) is 5.82 Å². The summed E-state index contributed by atoms with van der Waals surface area (Å²) in [7, 11) is 0. The van der Waals surface area contributed by atoms with Crippen molar-refractivity contribution in [3.8, 4) is 0 Å². The average molecular weight is 373 g/mol. The zero-order valence-electron chi connectivity index (χ0n) is 15.5. The lowest BCUT2D eigenvalue weighted by Crippen LogP contribution is -2.51. The molecule has 0 spiro atoms. The molecule has 0 saturated carbocycles. The summed E-state index contributed by atoms with van der Waals surface area (Å²) in [5, 5.41) is 0. The Balaban J connectivity index is 1.38. The van der Waals surface area contributed by atoms with E-state index in [-0.39, 0.29) is 11.8 Å². The molecule has 4 aliphatic heterocycles. The molecule has 6 N–H and O–H groups in total. The molecule has 0 amide bonds. The predicted molar refractivity (Wildman–Crippen MR) is 103 cm³/mol. The van der Waals surface area contributed by atoms with Crippen molar-refractivity contribution in [3.63, 3.8) is 0 Å². The third-order valence-electron chi connectivity index (χ3n) is 6.71. The Morgan fingerprint density at radius 2 is 1.81 bits per heavy atom. The molecule has 0 aliphatic carbocycles. The smallest absolute Gasteiger partial charge is 0.209 e. The highest BCUT2D eigenvalue weighted by molar-refractivity contribution is 5.79. The molecule has 1 aromatic carbocycles. The number of nitrogens with two attached hydrogens (primary N) is 2. The van der Waals surface area contributed by atoms with Gasteiger partial charge in [-0.05, 0) is 63.7 Å². The molecule has 0 radical (unpaired) electrons. The van der Waals surface area contributed by atoms with E-state index in [0.717, 1.165) is 25.7 Å². The third kappa shape index (κ3) is 2.86. The van der Waals surface area contributed by atoms with Gasteiger partial charge in [-0.3, -0.25) is 11.2 Å². The van der Waals surface area contributed by atoms with Crippen LogP contribution in [0.5, 0.6) is 0 Å². The van der Waals surface area contributed by atoms with Crippen molar-refractivity contribution in [3.05, 3.63) is 29.6 Å². The molecule has 5 rings (SSSR count). The summed E-state index contributed by atoms with van der Waals surface area (Å²) in [6.45, 7) is 2.47. The van der Waals surface area contributed by atoms with E-state index in [0.29, 0.717) is 29.4 Å². The molecule has 146 valence electrons. The molecule has 3 unspecified atom stereocenters. The van der Waals surface area contributed by atoms with Crippen LogP contribution in [0.15, 0.2) is 23.2 Å². The number of piperidine rings is 1. The fourth-order valence-corrected chi connectivity index (χ4v) is 5.44. The first-order chi connectivity index (χ1) is 13.0. The maximum absolute atomic E-state index is 15.1. The van der Waals surface area contributed by atoms with Crippen LogP contribution >= 0.6 is 0 Å². The van der Waals surface area contributed by atoms with Gasteiger partial charge in [0, 0.05) is 23.7 Å². The van der Waals surface area contributed by atoms with Crippen molar-refractivity contribution in [1.29, 1.82) is 0 Å². The molecule has 2 bridgehead atoms. The SMILES string of the molecule is NC1=NC(N)(c2ccc(N3C4CCC3CC(N3CCCC3)C4)c(F)c2)NN1. The number of hydrogen-bond acceptors (Lipinski definition) is 7. The molecule has 7 nitrogen and oxygen atoms in total. The number of guanidine groups is 1. The third-order valence-corrected chi connectivity index (χ3v) is 6.71. The first-order valence-corrected chi connectivity index (χ1v) is 10.0. The van der Waals surface area contributed by atoms with Gasteiger partial charge in [-0.2, -0.15) is 5.43 Å². The summed E-state index contributed by atoms with van der Waals surface area (Å²) in [4.78, 5) is 9.11. The van der Waals surface area contributed by atoms with Gasteiger partial charge in [0.05, 0.1) is 5.69 Å². The molecule has 4 aliphatic rings. The maximum atomic E-state index is 15.1. The van der Waals surface area contributed by atoms with Crippen LogP contribution in [0.3, 0.4) is 0 Å². The maximum Gasteiger partial charge on any atom is 0.209 e.